The molecule has 0 aliphatic carbocycles. The summed E-state index contributed by atoms with van der Waals surface area (Å²) in [5.74, 6) is -1.05. The van der Waals surface area contributed by atoms with Gasteiger partial charge in [0, 0.05) is 0 Å². The molecule has 1 aromatic rings. The maximum absolute atomic E-state index is 12.8. The Labute approximate surface area is 158 Å². The van der Waals surface area contributed by atoms with Crippen molar-refractivity contribution in [2.45, 2.75) is 85.7 Å². The second-order valence-corrected chi connectivity index (χ2v) is 7.32. The van der Waals surface area contributed by atoms with Gasteiger partial charge in [-0.2, -0.15) is 0 Å². The fourth-order valence-corrected chi connectivity index (χ4v) is 3.12. The van der Waals surface area contributed by atoms with E-state index in [0.29, 0.717) is 5.92 Å². The first-order chi connectivity index (χ1) is 12.3. The third-order valence-electron chi connectivity index (χ3n) is 4.77. The molecule has 146 valence electrons. The summed E-state index contributed by atoms with van der Waals surface area (Å²) in [7, 11) is 0. The second kappa shape index (κ2) is 11.0. The van der Waals surface area contributed by atoms with E-state index in [9.17, 15) is 14.7 Å². The van der Waals surface area contributed by atoms with Crippen molar-refractivity contribution >= 4 is 11.9 Å². The van der Waals surface area contributed by atoms with Gasteiger partial charge in [0.25, 0.3) is 0 Å². The lowest BCUT2D eigenvalue weighted by molar-refractivity contribution is 0.0238. The Kier molecular flexibility index (Phi) is 9.39. The van der Waals surface area contributed by atoms with Crippen LogP contribution in [0.2, 0.25) is 0 Å². The molecule has 1 rings (SSSR count). The van der Waals surface area contributed by atoms with Crippen LogP contribution in [0.4, 0.5) is 0 Å². The zero-order valence-electron chi connectivity index (χ0n) is 16.9. The zero-order chi connectivity index (χ0) is 19.7. The molecule has 0 saturated carbocycles. The van der Waals surface area contributed by atoms with Gasteiger partial charge in [-0.3, -0.25) is 0 Å². The van der Waals surface area contributed by atoms with Crippen LogP contribution in [-0.4, -0.2) is 23.1 Å². The Morgan fingerprint density at radius 2 is 1.54 bits per heavy atom. The standard InChI is InChI=1S/C22H34O4/c1-6-9-10-18(12-11-15(4)5)26-22(25)20-14-17(8-3)16(7-2)13-19(20)21(23)24/h13-15,18H,6-12H2,1-5H3,(H,23,24). The number of benzene rings is 1. The van der Waals surface area contributed by atoms with E-state index in [1.54, 1.807) is 12.1 Å². The van der Waals surface area contributed by atoms with Crippen molar-refractivity contribution in [2.75, 3.05) is 0 Å². The molecule has 0 aliphatic rings. The van der Waals surface area contributed by atoms with Gasteiger partial charge in [-0.15, -0.1) is 0 Å². The molecular weight excluding hydrogens is 328 g/mol. The Hall–Kier alpha value is -1.84. The first-order valence-corrected chi connectivity index (χ1v) is 9.93. The Morgan fingerprint density at radius 1 is 0.962 bits per heavy atom. The highest BCUT2D eigenvalue weighted by molar-refractivity contribution is 6.02. The smallest absolute Gasteiger partial charge is 0.339 e. The number of unbranched alkanes of at least 4 members (excludes halogenated alkanes) is 1. The van der Waals surface area contributed by atoms with Gasteiger partial charge in [0.1, 0.15) is 6.10 Å². The van der Waals surface area contributed by atoms with Crippen LogP contribution in [-0.2, 0) is 17.6 Å². The maximum atomic E-state index is 12.8. The quantitative estimate of drug-likeness (QED) is 0.516. The molecule has 0 fully saturated rings. The van der Waals surface area contributed by atoms with E-state index in [0.717, 1.165) is 56.1 Å². The molecule has 0 radical (unpaired) electrons. The monoisotopic (exact) mass is 362 g/mol. The van der Waals surface area contributed by atoms with E-state index < -0.39 is 11.9 Å². The van der Waals surface area contributed by atoms with Crippen LogP contribution in [0.15, 0.2) is 12.1 Å². The predicted molar refractivity (Wildman–Crippen MR) is 105 cm³/mol. The first-order valence-electron chi connectivity index (χ1n) is 9.93. The molecule has 4 heteroatoms. The van der Waals surface area contributed by atoms with E-state index in [1.165, 1.54) is 0 Å². The number of aryl methyl sites for hydroxylation is 2. The van der Waals surface area contributed by atoms with Gasteiger partial charge >= 0.3 is 11.9 Å². The van der Waals surface area contributed by atoms with Crippen LogP contribution in [0.3, 0.4) is 0 Å². The van der Waals surface area contributed by atoms with Crippen LogP contribution in [0.1, 0.15) is 98.6 Å². The summed E-state index contributed by atoms with van der Waals surface area (Å²) in [6, 6.07) is 3.34. The number of ether oxygens (including phenoxy) is 1. The van der Waals surface area contributed by atoms with Crippen molar-refractivity contribution in [3.05, 3.63) is 34.4 Å². The molecule has 1 unspecified atom stereocenters. The minimum Gasteiger partial charge on any atom is -0.478 e. The molecule has 0 heterocycles. The Balaban J connectivity index is 3.09. The summed E-state index contributed by atoms with van der Waals surface area (Å²) in [6.45, 7) is 10.4. The number of carbonyl (C=O) groups excluding carboxylic acids is 1. The van der Waals surface area contributed by atoms with Crippen molar-refractivity contribution in [1.29, 1.82) is 0 Å². The fraction of sp³-hybridized carbons (Fsp3) is 0.636. The third kappa shape index (κ3) is 6.47. The van der Waals surface area contributed by atoms with Crippen molar-refractivity contribution in [2.24, 2.45) is 5.92 Å². The maximum Gasteiger partial charge on any atom is 0.339 e. The van der Waals surface area contributed by atoms with Gasteiger partial charge in [-0.25, -0.2) is 9.59 Å². The molecule has 0 aliphatic heterocycles. The highest BCUT2D eigenvalue weighted by Crippen LogP contribution is 2.22. The average molecular weight is 363 g/mol. The highest BCUT2D eigenvalue weighted by atomic mass is 16.5. The van der Waals surface area contributed by atoms with E-state index >= 15 is 0 Å². The van der Waals surface area contributed by atoms with Crippen LogP contribution < -0.4 is 0 Å². The van der Waals surface area contributed by atoms with Gasteiger partial charge < -0.3 is 9.84 Å². The normalized spacial score (nSPS) is 12.2. The van der Waals surface area contributed by atoms with Gasteiger partial charge in [-0.05, 0) is 61.3 Å². The SMILES string of the molecule is CCCCC(CCC(C)C)OC(=O)c1cc(CC)c(CC)cc1C(=O)O. The molecule has 1 N–H and O–H groups in total. The molecule has 4 nitrogen and oxygen atoms in total. The van der Waals surface area contributed by atoms with Crippen LogP contribution >= 0.6 is 0 Å². The van der Waals surface area contributed by atoms with Crippen LogP contribution in [0, 0.1) is 5.92 Å². The summed E-state index contributed by atoms with van der Waals surface area (Å²) in [6.07, 6.45) is 6.02. The number of hydrogen-bond donors (Lipinski definition) is 1. The van der Waals surface area contributed by atoms with Gasteiger partial charge in [0.05, 0.1) is 11.1 Å². The van der Waals surface area contributed by atoms with Crippen molar-refractivity contribution < 1.29 is 19.4 Å². The molecule has 1 atom stereocenters. The number of carboxylic acid groups (broad SMARTS) is 1. The Bertz CT molecular complexity index is 604. The van der Waals surface area contributed by atoms with Crippen molar-refractivity contribution in [1.82, 2.24) is 0 Å². The van der Waals surface area contributed by atoms with Gasteiger partial charge in [0.15, 0.2) is 0 Å². The first kappa shape index (κ1) is 22.2. The van der Waals surface area contributed by atoms with Gasteiger partial charge in [0.2, 0.25) is 0 Å². The molecule has 0 spiro atoms. The minimum atomic E-state index is -1.08. The average Bonchev–Trinajstić information content (AvgIpc) is 2.62. The summed E-state index contributed by atoms with van der Waals surface area (Å²) in [5, 5.41) is 9.54. The molecule has 0 saturated heterocycles. The number of aromatic carboxylic acids is 1. The minimum absolute atomic E-state index is 0.0437. The lowest BCUT2D eigenvalue weighted by Crippen LogP contribution is -2.21. The summed E-state index contributed by atoms with van der Waals surface area (Å²) in [4.78, 5) is 24.4. The second-order valence-electron chi connectivity index (χ2n) is 7.32. The van der Waals surface area contributed by atoms with Crippen molar-refractivity contribution in [3.8, 4) is 0 Å². The van der Waals surface area contributed by atoms with E-state index in [-0.39, 0.29) is 17.2 Å². The summed E-state index contributed by atoms with van der Waals surface area (Å²) < 4.78 is 5.75. The predicted octanol–water partition coefficient (Wildman–Crippen LogP) is 5.66. The van der Waals surface area contributed by atoms with E-state index in [4.69, 9.17) is 4.74 Å². The highest BCUT2D eigenvalue weighted by Gasteiger charge is 2.23. The number of carboxylic acids is 1. The zero-order valence-corrected chi connectivity index (χ0v) is 16.9. The fourth-order valence-electron chi connectivity index (χ4n) is 3.12. The van der Waals surface area contributed by atoms with Crippen molar-refractivity contribution in [3.63, 3.8) is 0 Å². The molecule has 0 bridgehead atoms. The molecule has 0 amide bonds. The largest absolute Gasteiger partial charge is 0.478 e. The van der Waals surface area contributed by atoms with E-state index in [2.05, 4.69) is 20.8 Å². The lowest BCUT2D eigenvalue weighted by atomic mass is 9.95. The summed E-state index contributed by atoms with van der Waals surface area (Å²) >= 11 is 0. The summed E-state index contributed by atoms with van der Waals surface area (Å²) in [5.41, 5.74) is 2.21. The van der Waals surface area contributed by atoms with Crippen LogP contribution in [0.5, 0.6) is 0 Å². The molecule has 26 heavy (non-hydrogen) atoms. The van der Waals surface area contributed by atoms with Gasteiger partial charge in [-0.1, -0.05) is 47.5 Å². The Morgan fingerprint density at radius 3 is 2.00 bits per heavy atom. The molecule has 0 aromatic heterocycles. The number of rotatable bonds is 11. The number of hydrogen-bond acceptors (Lipinski definition) is 3. The third-order valence-corrected chi connectivity index (χ3v) is 4.77. The lowest BCUT2D eigenvalue weighted by Gasteiger charge is -2.20. The van der Waals surface area contributed by atoms with Crippen LogP contribution in [0.25, 0.3) is 0 Å². The topological polar surface area (TPSA) is 63.6 Å². The number of carbonyl (C=O) groups is 2. The molecule has 1 aromatic carbocycles. The van der Waals surface area contributed by atoms with E-state index in [1.807, 2.05) is 13.8 Å². The number of esters is 1. The molecular formula is C22H34O4.